The summed E-state index contributed by atoms with van der Waals surface area (Å²) in [5, 5.41) is 0. The standard InChI is InChI=1S/C12H16N4O2/c1-8-3-2-4-9-11(8)15-12(14)16(9)5-6-18-7-10(13)17/h2-4H,5-7H2,1H3,(H2,13,17)(H2,14,15). The van der Waals surface area contributed by atoms with Crippen LogP contribution < -0.4 is 11.5 Å². The number of carbonyl (C=O) groups excluding carboxylic acids is 1. The highest BCUT2D eigenvalue weighted by molar-refractivity contribution is 5.81. The summed E-state index contributed by atoms with van der Waals surface area (Å²) in [4.78, 5) is 14.9. The highest BCUT2D eigenvalue weighted by atomic mass is 16.5. The number of nitrogens with two attached hydrogens (primary N) is 2. The van der Waals surface area contributed by atoms with Crippen molar-refractivity contribution < 1.29 is 9.53 Å². The summed E-state index contributed by atoms with van der Waals surface area (Å²) in [6, 6.07) is 5.90. The Bertz CT molecular complexity index is 577. The monoisotopic (exact) mass is 248 g/mol. The van der Waals surface area contributed by atoms with Crippen molar-refractivity contribution >= 4 is 22.9 Å². The van der Waals surface area contributed by atoms with Gasteiger partial charge in [0.15, 0.2) is 0 Å². The van der Waals surface area contributed by atoms with Crippen molar-refractivity contribution in [1.29, 1.82) is 0 Å². The van der Waals surface area contributed by atoms with Crippen molar-refractivity contribution in [2.45, 2.75) is 13.5 Å². The lowest BCUT2D eigenvalue weighted by atomic mass is 10.2. The van der Waals surface area contributed by atoms with Crippen LogP contribution in [-0.4, -0.2) is 28.7 Å². The van der Waals surface area contributed by atoms with Gasteiger partial charge in [-0.25, -0.2) is 4.98 Å². The Kier molecular flexibility index (Phi) is 3.47. The molecule has 1 heterocycles. The van der Waals surface area contributed by atoms with Gasteiger partial charge in [-0.15, -0.1) is 0 Å². The molecule has 0 unspecified atom stereocenters. The van der Waals surface area contributed by atoms with E-state index in [0.717, 1.165) is 16.6 Å². The number of fused-ring (bicyclic) bond motifs is 1. The largest absolute Gasteiger partial charge is 0.370 e. The average Bonchev–Trinajstić information content (AvgIpc) is 2.63. The van der Waals surface area contributed by atoms with Crippen molar-refractivity contribution in [3.63, 3.8) is 0 Å². The number of hydrogen-bond acceptors (Lipinski definition) is 4. The Hall–Kier alpha value is -2.08. The summed E-state index contributed by atoms with van der Waals surface area (Å²) < 4.78 is 6.99. The van der Waals surface area contributed by atoms with Crippen molar-refractivity contribution in [3.05, 3.63) is 23.8 Å². The molecule has 0 bridgehead atoms. The van der Waals surface area contributed by atoms with Crippen molar-refractivity contribution in [3.8, 4) is 0 Å². The maximum absolute atomic E-state index is 10.5. The van der Waals surface area contributed by atoms with E-state index in [4.69, 9.17) is 16.2 Å². The molecule has 1 aromatic carbocycles. The minimum Gasteiger partial charge on any atom is -0.370 e. The van der Waals surface area contributed by atoms with E-state index in [2.05, 4.69) is 4.98 Å². The third kappa shape index (κ3) is 2.43. The van der Waals surface area contributed by atoms with Crippen molar-refractivity contribution in [2.75, 3.05) is 18.9 Å². The highest BCUT2D eigenvalue weighted by Gasteiger charge is 2.09. The molecule has 0 aliphatic carbocycles. The molecular formula is C12H16N4O2. The van der Waals surface area contributed by atoms with Crippen LogP contribution in [0.15, 0.2) is 18.2 Å². The number of aromatic nitrogens is 2. The molecule has 18 heavy (non-hydrogen) atoms. The Morgan fingerprint density at radius 2 is 2.28 bits per heavy atom. The van der Waals surface area contributed by atoms with Gasteiger partial charge < -0.3 is 20.8 Å². The number of anilines is 1. The fourth-order valence-electron chi connectivity index (χ4n) is 1.87. The molecule has 0 saturated heterocycles. The highest BCUT2D eigenvalue weighted by Crippen LogP contribution is 2.20. The molecule has 0 saturated carbocycles. The van der Waals surface area contributed by atoms with Gasteiger partial charge in [-0.2, -0.15) is 0 Å². The zero-order valence-electron chi connectivity index (χ0n) is 10.2. The molecule has 6 nitrogen and oxygen atoms in total. The van der Waals surface area contributed by atoms with Crippen LogP contribution in [0, 0.1) is 6.92 Å². The van der Waals surface area contributed by atoms with E-state index in [9.17, 15) is 4.79 Å². The van der Waals surface area contributed by atoms with Gasteiger partial charge in [-0.3, -0.25) is 4.79 Å². The molecule has 4 N–H and O–H groups in total. The third-order valence-corrected chi connectivity index (χ3v) is 2.71. The average molecular weight is 248 g/mol. The number of aryl methyl sites for hydroxylation is 1. The van der Waals surface area contributed by atoms with Gasteiger partial charge in [-0.05, 0) is 18.6 Å². The number of benzene rings is 1. The van der Waals surface area contributed by atoms with Gasteiger partial charge in [0.25, 0.3) is 0 Å². The van der Waals surface area contributed by atoms with E-state index >= 15 is 0 Å². The number of carbonyl (C=O) groups is 1. The van der Waals surface area contributed by atoms with Crippen LogP contribution in [0.25, 0.3) is 11.0 Å². The minimum atomic E-state index is -0.477. The van der Waals surface area contributed by atoms with Crippen LogP contribution >= 0.6 is 0 Å². The molecule has 96 valence electrons. The zero-order valence-corrected chi connectivity index (χ0v) is 10.2. The van der Waals surface area contributed by atoms with Crippen molar-refractivity contribution in [1.82, 2.24) is 9.55 Å². The number of nitrogens with zero attached hydrogens (tertiary/aromatic N) is 2. The maximum atomic E-state index is 10.5. The molecule has 0 atom stereocenters. The van der Waals surface area contributed by atoms with Crippen LogP contribution in [-0.2, 0) is 16.1 Å². The van der Waals surface area contributed by atoms with Gasteiger partial charge >= 0.3 is 0 Å². The number of rotatable bonds is 5. The summed E-state index contributed by atoms with van der Waals surface area (Å²) in [7, 11) is 0. The molecular weight excluding hydrogens is 232 g/mol. The van der Waals surface area contributed by atoms with Gasteiger partial charge in [0.2, 0.25) is 11.9 Å². The predicted octanol–water partition coefficient (Wildman–Crippen LogP) is 0.429. The van der Waals surface area contributed by atoms with Gasteiger partial charge in [0, 0.05) is 6.54 Å². The van der Waals surface area contributed by atoms with E-state index in [1.165, 1.54) is 0 Å². The first-order chi connectivity index (χ1) is 8.59. The molecule has 0 radical (unpaired) electrons. The molecule has 6 heteroatoms. The first kappa shape index (κ1) is 12.4. The van der Waals surface area contributed by atoms with E-state index in [0.29, 0.717) is 19.1 Å². The summed E-state index contributed by atoms with van der Waals surface area (Å²) in [6.45, 7) is 2.82. The number of hydrogen-bond donors (Lipinski definition) is 2. The van der Waals surface area contributed by atoms with E-state index in [1.807, 2.05) is 29.7 Å². The first-order valence-corrected chi connectivity index (χ1v) is 5.67. The molecule has 1 amide bonds. The second-order valence-electron chi connectivity index (χ2n) is 4.08. The molecule has 2 aromatic rings. The number of nitrogen functional groups attached to an aromatic ring is 1. The topological polar surface area (TPSA) is 96.2 Å². The van der Waals surface area contributed by atoms with Crippen LogP contribution in [0.4, 0.5) is 5.95 Å². The lowest BCUT2D eigenvalue weighted by molar-refractivity contribution is -0.122. The smallest absolute Gasteiger partial charge is 0.243 e. The summed E-state index contributed by atoms with van der Waals surface area (Å²) in [5.41, 5.74) is 13.8. The van der Waals surface area contributed by atoms with E-state index in [1.54, 1.807) is 0 Å². The van der Waals surface area contributed by atoms with Gasteiger partial charge in [-0.1, -0.05) is 12.1 Å². The van der Waals surface area contributed by atoms with Crippen LogP contribution in [0.3, 0.4) is 0 Å². The van der Waals surface area contributed by atoms with Crippen LogP contribution in [0.5, 0.6) is 0 Å². The number of para-hydroxylation sites is 1. The number of imidazole rings is 1. The van der Waals surface area contributed by atoms with Crippen LogP contribution in [0.2, 0.25) is 0 Å². The minimum absolute atomic E-state index is 0.0778. The summed E-state index contributed by atoms with van der Waals surface area (Å²) in [6.07, 6.45) is 0. The normalized spacial score (nSPS) is 10.9. The fraction of sp³-hybridized carbons (Fsp3) is 0.333. The number of primary amides is 1. The third-order valence-electron chi connectivity index (χ3n) is 2.71. The number of ether oxygens (including phenoxy) is 1. The Morgan fingerprint density at radius 1 is 1.50 bits per heavy atom. The SMILES string of the molecule is Cc1cccc2c1nc(N)n2CCOCC(N)=O. The second kappa shape index (κ2) is 5.05. The molecule has 0 aliphatic heterocycles. The number of amides is 1. The summed E-state index contributed by atoms with van der Waals surface area (Å²) >= 11 is 0. The quantitative estimate of drug-likeness (QED) is 0.750. The molecule has 0 fully saturated rings. The van der Waals surface area contributed by atoms with Gasteiger partial charge in [0.1, 0.15) is 6.61 Å². The Labute approximate surface area is 105 Å². The Balaban J connectivity index is 2.15. The maximum Gasteiger partial charge on any atom is 0.243 e. The van der Waals surface area contributed by atoms with E-state index in [-0.39, 0.29) is 6.61 Å². The van der Waals surface area contributed by atoms with Gasteiger partial charge in [0.05, 0.1) is 17.6 Å². The summed E-state index contributed by atoms with van der Waals surface area (Å²) in [5.74, 6) is -0.0312. The lowest BCUT2D eigenvalue weighted by Gasteiger charge is -2.06. The molecule has 2 rings (SSSR count). The molecule has 0 spiro atoms. The molecule has 0 aliphatic rings. The molecule has 1 aromatic heterocycles. The zero-order chi connectivity index (χ0) is 13.1. The lowest BCUT2D eigenvalue weighted by Crippen LogP contribution is -2.20. The first-order valence-electron chi connectivity index (χ1n) is 5.67. The van der Waals surface area contributed by atoms with Crippen molar-refractivity contribution in [2.24, 2.45) is 5.73 Å². The van der Waals surface area contributed by atoms with E-state index < -0.39 is 5.91 Å². The van der Waals surface area contributed by atoms with Crippen LogP contribution in [0.1, 0.15) is 5.56 Å². The Morgan fingerprint density at radius 3 is 3.00 bits per heavy atom. The fourth-order valence-corrected chi connectivity index (χ4v) is 1.87. The second-order valence-corrected chi connectivity index (χ2v) is 4.08. The predicted molar refractivity (Wildman–Crippen MR) is 68.9 cm³/mol.